The molecule has 2 N–H and O–H groups in total. The monoisotopic (exact) mass is 348 g/mol. The molecule has 1 heterocycles. The van der Waals surface area contributed by atoms with Crippen LogP contribution < -0.4 is 0 Å². The molecule has 0 amide bonds. The number of esters is 2. The molecule has 1 fully saturated rings. The molecule has 0 spiro atoms. The van der Waals surface area contributed by atoms with Gasteiger partial charge in [-0.25, -0.2) is 9.59 Å². The Morgan fingerprint density at radius 3 is 2.72 bits per heavy atom. The van der Waals surface area contributed by atoms with E-state index < -0.39 is 42.3 Å². The first-order valence-corrected chi connectivity index (χ1v) is 8.21. The van der Waals surface area contributed by atoms with Crippen LogP contribution in [0.4, 0.5) is 0 Å². The molecule has 136 valence electrons. The van der Waals surface area contributed by atoms with Gasteiger partial charge in [0.15, 0.2) is 0 Å². The van der Waals surface area contributed by atoms with E-state index >= 15 is 0 Å². The third-order valence-electron chi connectivity index (χ3n) is 4.60. The molecular weight excluding hydrogens is 324 g/mol. The first-order valence-electron chi connectivity index (χ1n) is 8.21. The van der Waals surface area contributed by atoms with Crippen LogP contribution in [0.2, 0.25) is 0 Å². The molecule has 0 aromatic carbocycles. The molecule has 0 aromatic rings. The van der Waals surface area contributed by atoms with Crippen molar-refractivity contribution < 1.29 is 29.3 Å². The maximum atomic E-state index is 12.2. The number of hydrogen-bond donors (Lipinski definition) is 2. The van der Waals surface area contributed by atoms with Crippen LogP contribution in [0, 0.1) is 5.92 Å². The van der Waals surface area contributed by atoms with Crippen LogP contribution in [0.1, 0.15) is 27.2 Å². The molecule has 0 radical (unpaired) electrons. The summed E-state index contributed by atoms with van der Waals surface area (Å²) in [5.74, 6) is -1.92. The second-order valence-corrected chi connectivity index (χ2v) is 6.34. The summed E-state index contributed by atoms with van der Waals surface area (Å²) >= 11 is 0. The Bertz CT molecular complexity index is 657. The molecule has 6 heteroatoms. The minimum absolute atomic E-state index is 0.132. The second-order valence-electron chi connectivity index (χ2n) is 6.34. The smallest absolute Gasteiger partial charge is 0.334 e. The molecule has 2 aliphatic rings. The zero-order chi connectivity index (χ0) is 18.7. The number of carbonyl (C=O) groups is 2. The van der Waals surface area contributed by atoms with Crippen molar-refractivity contribution in [2.45, 2.75) is 51.6 Å². The fourth-order valence-electron chi connectivity index (χ4n) is 2.82. The van der Waals surface area contributed by atoms with Crippen molar-refractivity contribution in [1.82, 2.24) is 0 Å². The number of fused-ring (bicyclic) bond motifs is 1. The Morgan fingerprint density at radius 2 is 2.08 bits per heavy atom. The predicted molar refractivity (Wildman–Crippen MR) is 91.3 cm³/mol. The fourth-order valence-corrected chi connectivity index (χ4v) is 2.82. The average Bonchev–Trinajstić information content (AvgIpc) is 2.87. The summed E-state index contributed by atoms with van der Waals surface area (Å²) in [6.07, 6.45) is 2.96. The number of carbonyl (C=O) groups excluding carboxylic acids is 2. The molecule has 1 aliphatic heterocycles. The molecule has 0 saturated carbocycles. The first kappa shape index (κ1) is 19.1. The minimum atomic E-state index is -1.15. The number of aliphatic hydroxyl groups excluding tert-OH is 2. The highest BCUT2D eigenvalue weighted by Gasteiger charge is 2.47. The van der Waals surface area contributed by atoms with Crippen molar-refractivity contribution in [2.75, 3.05) is 0 Å². The molecule has 5 unspecified atom stereocenters. The van der Waals surface area contributed by atoms with Gasteiger partial charge in [0.05, 0.1) is 12.0 Å². The highest BCUT2D eigenvalue weighted by Crippen LogP contribution is 2.35. The van der Waals surface area contributed by atoms with E-state index in [-0.39, 0.29) is 5.57 Å². The van der Waals surface area contributed by atoms with Gasteiger partial charge in [0.1, 0.15) is 18.3 Å². The largest absolute Gasteiger partial charge is 0.455 e. The van der Waals surface area contributed by atoms with Crippen molar-refractivity contribution >= 4 is 11.9 Å². The van der Waals surface area contributed by atoms with Gasteiger partial charge >= 0.3 is 11.9 Å². The molecule has 1 saturated heterocycles. The summed E-state index contributed by atoms with van der Waals surface area (Å²) in [5.41, 5.74) is 1.06. The lowest BCUT2D eigenvalue weighted by atomic mass is 9.84. The maximum Gasteiger partial charge on any atom is 0.334 e. The van der Waals surface area contributed by atoms with Gasteiger partial charge in [-0.1, -0.05) is 24.8 Å². The van der Waals surface area contributed by atoms with E-state index in [2.05, 4.69) is 6.58 Å². The SMILES string of the molecule is C=C1C(=O)OC2C=CC(O)CC=C(C)C(O)C(OC(=O)C(C)=CC)C12. The van der Waals surface area contributed by atoms with E-state index in [1.165, 1.54) is 6.08 Å². The molecule has 0 bridgehead atoms. The van der Waals surface area contributed by atoms with E-state index in [9.17, 15) is 19.8 Å². The Balaban J connectivity index is 2.45. The van der Waals surface area contributed by atoms with Crippen LogP contribution >= 0.6 is 0 Å². The van der Waals surface area contributed by atoms with Gasteiger partial charge in [0, 0.05) is 11.1 Å². The van der Waals surface area contributed by atoms with E-state index in [1.54, 1.807) is 39.0 Å². The summed E-state index contributed by atoms with van der Waals surface area (Å²) in [7, 11) is 0. The summed E-state index contributed by atoms with van der Waals surface area (Å²) in [6.45, 7) is 8.74. The maximum absolute atomic E-state index is 12.2. The lowest BCUT2D eigenvalue weighted by Gasteiger charge is -2.31. The second kappa shape index (κ2) is 7.80. The highest BCUT2D eigenvalue weighted by atomic mass is 16.6. The van der Waals surface area contributed by atoms with Crippen LogP contribution in [0.25, 0.3) is 0 Å². The predicted octanol–water partition coefficient (Wildman–Crippen LogP) is 1.59. The molecule has 1 aliphatic carbocycles. The van der Waals surface area contributed by atoms with Crippen molar-refractivity contribution in [2.24, 2.45) is 5.92 Å². The zero-order valence-corrected chi connectivity index (χ0v) is 14.6. The Kier molecular flexibility index (Phi) is 5.98. The number of allylic oxidation sites excluding steroid dienone is 1. The van der Waals surface area contributed by atoms with Gasteiger partial charge in [0.25, 0.3) is 0 Å². The van der Waals surface area contributed by atoms with E-state index in [1.807, 2.05) is 0 Å². The number of hydrogen-bond acceptors (Lipinski definition) is 6. The molecule has 25 heavy (non-hydrogen) atoms. The van der Waals surface area contributed by atoms with Crippen molar-refractivity contribution in [3.05, 3.63) is 47.6 Å². The standard InChI is InChI=1S/C19H24O6/c1-5-10(2)18(22)25-17-15-12(4)19(23)24-14(15)9-8-13(20)7-6-11(3)16(17)21/h5-6,8-9,13-17,20-21H,4,7H2,1-3H3. The van der Waals surface area contributed by atoms with Crippen LogP contribution in [0.15, 0.2) is 47.6 Å². The van der Waals surface area contributed by atoms with Crippen LogP contribution in [0.3, 0.4) is 0 Å². The van der Waals surface area contributed by atoms with Gasteiger partial charge in [-0.05, 0) is 38.8 Å². The molecule has 6 nitrogen and oxygen atoms in total. The fraction of sp³-hybridized carbons (Fsp3) is 0.474. The summed E-state index contributed by atoms with van der Waals surface area (Å²) < 4.78 is 10.8. The Labute approximate surface area is 147 Å². The average molecular weight is 348 g/mol. The van der Waals surface area contributed by atoms with E-state index in [0.717, 1.165) is 0 Å². The number of aliphatic hydroxyl groups is 2. The Hall–Kier alpha value is -2.18. The van der Waals surface area contributed by atoms with Gasteiger partial charge < -0.3 is 19.7 Å². The van der Waals surface area contributed by atoms with Crippen molar-refractivity contribution in [3.63, 3.8) is 0 Å². The summed E-state index contributed by atoms with van der Waals surface area (Å²) in [4.78, 5) is 24.2. The highest BCUT2D eigenvalue weighted by molar-refractivity contribution is 5.92. The van der Waals surface area contributed by atoms with E-state index in [4.69, 9.17) is 9.47 Å². The topological polar surface area (TPSA) is 93.1 Å². The van der Waals surface area contributed by atoms with Crippen molar-refractivity contribution in [1.29, 1.82) is 0 Å². The van der Waals surface area contributed by atoms with Crippen LogP contribution in [0.5, 0.6) is 0 Å². The quantitative estimate of drug-likeness (QED) is 0.447. The van der Waals surface area contributed by atoms with Crippen molar-refractivity contribution in [3.8, 4) is 0 Å². The summed E-state index contributed by atoms with van der Waals surface area (Å²) in [5, 5.41) is 20.7. The molecular formula is C19H24O6. The first-order chi connectivity index (χ1) is 11.8. The number of rotatable bonds is 2. The minimum Gasteiger partial charge on any atom is -0.455 e. The molecule has 5 atom stereocenters. The van der Waals surface area contributed by atoms with E-state index in [0.29, 0.717) is 17.6 Å². The van der Waals surface area contributed by atoms with Gasteiger partial charge in [-0.3, -0.25) is 0 Å². The third kappa shape index (κ3) is 4.08. The lowest BCUT2D eigenvalue weighted by Crippen LogP contribution is -2.42. The van der Waals surface area contributed by atoms with Crippen LogP contribution in [-0.4, -0.2) is 46.6 Å². The lowest BCUT2D eigenvalue weighted by molar-refractivity contribution is -0.153. The van der Waals surface area contributed by atoms with Gasteiger partial charge in [-0.15, -0.1) is 0 Å². The zero-order valence-electron chi connectivity index (χ0n) is 14.6. The third-order valence-corrected chi connectivity index (χ3v) is 4.60. The molecule has 0 aromatic heterocycles. The summed E-state index contributed by atoms with van der Waals surface area (Å²) in [6, 6.07) is 0. The Morgan fingerprint density at radius 1 is 1.40 bits per heavy atom. The van der Waals surface area contributed by atoms with Crippen LogP contribution in [-0.2, 0) is 19.1 Å². The molecule has 2 rings (SSSR count). The number of ether oxygens (including phenoxy) is 2. The van der Waals surface area contributed by atoms with Gasteiger partial charge in [0.2, 0.25) is 0 Å². The van der Waals surface area contributed by atoms with Gasteiger partial charge in [-0.2, -0.15) is 0 Å². The normalized spacial score (nSPS) is 33.4.